The summed E-state index contributed by atoms with van der Waals surface area (Å²) in [6.07, 6.45) is 0. The summed E-state index contributed by atoms with van der Waals surface area (Å²) in [6, 6.07) is 0. The van der Waals surface area contributed by atoms with Crippen LogP contribution < -0.4 is 3.12 Å². The van der Waals surface area contributed by atoms with Crippen molar-refractivity contribution < 1.29 is 0 Å². The van der Waals surface area contributed by atoms with Gasteiger partial charge in [-0.2, -0.15) is 0 Å². The summed E-state index contributed by atoms with van der Waals surface area (Å²) in [7, 11) is 0. The zero-order chi connectivity index (χ0) is 7.72. The first-order valence-corrected chi connectivity index (χ1v) is 5.43. The number of hydrogen-bond donors (Lipinski definition) is 0. The molecule has 0 saturated carbocycles. The SMILES string of the molecule is Cc1nnc(C)[c]([Tl])c1C. The van der Waals surface area contributed by atoms with E-state index in [1.165, 1.54) is 8.69 Å². The van der Waals surface area contributed by atoms with Gasteiger partial charge in [0.2, 0.25) is 0 Å². The normalized spacial score (nSPS) is 9.80. The van der Waals surface area contributed by atoms with Crippen molar-refractivity contribution in [2.75, 3.05) is 0 Å². The fourth-order valence-electron chi connectivity index (χ4n) is 0.745. The predicted molar refractivity (Wildman–Crippen MR) is 41.6 cm³/mol. The summed E-state index contributed by atoms with van der Waals surface area (Å²) >= 11 is 0.874. The molecule has 1 aromatic heterocycles. The average Bonchev–Trinajstić information content (AvgIpc) is 1.93. The number of rotatable bonds is 0. The number of nitrogens with zero attached hydrogens (tertiary/aromatic N) is 2. The van der Waals surface area contributed by atoms with Crippen molar-refractivity contribution in [1.29, 1.82) is 0 Å². The summed E-state index contributed by atoms with van der Waals surface area (Å²) < 4.78 is 1.42. The van der Waals surface area contributed by atoms with Gasteiger partial charge in [0.1, 0.15) is 0 Å². The Morgan fingerprint density at radius 2 is 1.50 bits per heavy atom. The van der Waals surface area contributed by atoms with Crippen LogP contribution in [0.3, 0.4) is 0 Å². The molecule has 0 aliphatic carbocycles. The number of hydrogen-bond acceptors (Lipinski definition) is 2. The van der Waals surface area contributed by atoms with Gasteiger partial charge in [0.05, 0.1) is 0 Å². The molecule has 10 heavy (non-hydrogen) atoms. The Bertz CT molecular complexity index is 231. The molecule has 0 aliphatic heterocycles. The molecule has 0 radical (unpaired) electrons. The van der Waals surface area contributed by atoms with E-state index in [9.17, 15) is 0 Å². The van der Waals surface area contributed by atoms with Crippen molar-refractivity contribution in [2.24, 2.45) is 0 Å². The minimum atomic E-state index is 0.874. The quantitative estimate of drug-likeness (QED) is 0.637. The van der Waals surface area contributed by atoms with Gasteiger partial charge in [-0.3, -0.25) is 0 Å². The van der Waals surface area contributed by atoms with E-state index in [2.05, 4.69) is 17.1 Å². The Hall–Kier alpha value is 0.00208. The zero-order valence-electron chi connectivity index (χ0n) is 6.47. The van der Waals surface area contributed by atoms with Crippen molar-refractivity contribution in [3.8, 4) is 0 Å². The van der Waals surface area contributed by atoms with Crippen LogP contribution in [0.5, 0.6) is 0 Å². The molecular weight excluding hydrogens is 316 g/mol. The third kappa shape index (κ3) is 1.36. The van der Waals surface area contributed by atoms with E-state index in [-0.39, 0.29) is 0 Å². The Morgan fingerprint density at radius 1 is 1.00 bits per heavy atom. The first kappa shape index (κ1) is 8.10. The molecule has 0 bridgehead atoms. The van der Waals surface area contributed by atoms with Crippen LogP contribution in [-0.4, -0.2) is 36.0 Å². The number of aryl methyl sites for hydroxylation is 2. The van der Waals surface area contributed by atoms with Crippen LogP contribution in [-0.2, 0) is 0 Å². The van der Waals surface area contributed by atoms with Gasteiger partial charge in [0, 0.05) is 0 Å². The Morgan fingerprint density at radius 3 is 2.00 bits per heavy atom. The Kier molecular flexibility index (Phi) is 2.38. The van der Waals surface area contributed by atoms with E-state index < -0.39 is 0 Å². The summed E-state index contributed by atoms with van der Waals surface area (Å²) in [5, 5.41) is 8.05. The standard InChI is InChI=1S/C7H9N2.Tl/c1-5-4-6(2)8-9-7(5)3;/h1-3H3;. The van der Waals surface area contributed by atoms with Crippen LogP contribution in [0, 0.1) is 20.8 Å². The molecule has 50 valence electrons. The first-order chi connectivity index (χ1) is 4.63. The van der Waals surface area contributed by atoms with Crippen LogP contribution in [0.2, 0.25) is 0 Å². The van der Waals surface area contributed by atoms with Crippen LogP contribution >= 0.6 is 0 Å². The van der Waals surface area contributed by atoms with E-state index in [1.807, 2.05) is 13.8 Å². The van der Waals surface area contributed by atoms with Gasteiger partial charge in [-0.25, -0.2) is 0 Å². The van der Waals surface area contributed by atoms with E-state index in [0.717, 1.165) is 37.2 Å². The molecule has 0 aromatic carbocycles. The van der Waals surface area contributed by atoms with Gasteiger partial charge in [-0.15, -0.1) is 0 Å². The molecule has 0 spiro atoms. The third-order valence-electron chi connectivity index (χ3n) is 1.69. The maximum atomic E-state index is 4.03. The number of aromatic nitrogens is 2. The summed E-state index contributed by atoms with van der Waals surface area (Å²) in [5.41, 5.74) is 3.51. The third-order valence-corrected chi connectivity index (χ3v) is 4.99. The molecule has 2 nitrogen and oxygen atoms in total. The van der Waals surface area contributed by atoms with Crippen LogP contribution in [0.15, 0.2) is 0 Å². The molecule has 1 rings (SSSR count). The second-order valence-electron chi connectivity index (χ2n) is 2.41. The zero-order valence-corrected chi connectivity index (χ0v) is 11.0. The summed E-state index contributed by atoms with van der Waals surface area (Å²) in [6.45, 7) is 6.15. The van der Waals surface area contributed by atoms with Crippen molar-refractivity contribution in [1.82, 2.24) is 10.2 Å². The van der Waals surface area contributed by atoms with E-state index >= 15 is 0 Å². The molecule has 0 aliphatic rings. The predicted octanol–water partition coefficient (Wildman–Crippen LogP) is 0.196. The van der Waals surface area contributed by atoms with Gasteiger partial charge < -0.3 is 0 Å². The van der Waals surface area contributed by atoms with E-state index in [4.69, 9.17) is 0 Å². The monoisotopic (exact) mass is 326 g/mol. The molecule has 0 unspecified atom stereocenters. The van der Waals surface area contributed by atoms with Crippen LogP contribution in [0.25, 0.3) is 0 Å². The molecule has 1 heterocycles. The maximum absolute atomic E-state index is 4.03. The second kappa shape index (κ2) is 2.94. The first-order valence-electron chi connectivity index (χ1n) is 3.19. The van der Waals surface area contributed by atoms with Gasteiger partial charge in [-0.1, -0.05) is 0 Å². The Labute approximate surface area is 76.7 Å². The fourth-order valence-corrected chi connectivity index (χ4v) is 1.78. The van der Waals surface area contributed by atoms with Gasteiger partial charge in [0.15, 0.2) is 0 Å². The van der Waals surface area contributed by atoms with Gasteiger partial charge in [-0.05, 0) is 0 Å². The molecule has 0 N–H and O–H groups in total. The second-order valence-corrected chi connectivity index (χ2v) is 4.65. The molecule has 0 amide bonds. The molecule has 1 aromatic rings. The van der Waals surface area contributed by atoms with Crippen LogP contribution in [0.4, 0.5) is 0 Å². The fraction of sp³-hybridized carbons (Fsp3) is 0.429. The minimum absolute atomic E-state index is 0.874. The van der Waals surface area contributed by atoms with Gasteiger partial charge >= 0.3 is 76.8 Å². The van der Waals surface area contributed by atoms with Crippen LogP contribution in [0.1, 0.15) is 17.0 Å². The molecular formula is C7H9N2Tl. The molecule has 3 heteroatoms. The van der Waals surface area contributed by atoms with E-state index in [0.29, 0.717) is 0 Å². The van der Waals surface area contributed by atoms with Crippen molar-refractivity contribution in [2.45, 2.75) is 20.8 Å². The topological polar surface area (TPSA) is 25.8 Å². The molecule has 0 fully saturated rings. The molecule has 0 atom stereocenters. The molecule has 0 saturated heterocycles. The summed E-state index contributed by atoms with van der Waals surface area (Å²) in [5.74, 6) is 0. The van der Waals surface area contributed by atoms with Gasteiger partial charge in [0.25, 0.3) is 0 Å². The van der Waals surface area contributed by atoms with E-state index in [1.54, 1.807) is 0 Å². The average molecular weight is 326 g/mol. The van der Waals surface area contributed by atoms with Crippen molar-refractivity contribution in [3.63, 3.8) is 0 Å². The van der Waals surface area contributed by atoms with Crippen molar-refractivity contribution in [3.05, 3.63) is 17.0 Å². The summed E-state index contributed by atoms with van der Waals surface area (Å²) in [4.78, 5) is 0. The Balaban J connectivity index is 3.34. The van der Waals surface area contributed by atoms with Crippen molar-refractivity contribution >= 4 is 28.9 Å².